The van der Waals surface area contributed by atoms with Gasteiger partial charge in [-0.15, -0.1) is 0 Å². The van der Waals surface area contributed by atoms with Crippen molar-refractivity contribution >= 4 is 40.1 Å². The number of aryl methyl sites for hydroxylation is 1. The summed E-state index contributed by atoms with van der Waals surface area (Å²) in [6.45, 7) is 5.91. The number of rotatable bonds is 7. The van der Waals surface area contributed by atoms with Gasteiger partial charge in [-0.05, 0) is 44.5 Å². The van der Waals surface area contributed by atoms with Gasteiger partial charge in [-0.3, -0.25) is 4.79 Å². The van der Waals surface area contributed by atoms with E-state index in [-0.39, 0.29) is 12.4 Å². The van der Waals surface area contributed by atoms with Crippen LogP contribution in [-0.2, 0) is 20.9 Å². The third-order valence-electron chi connectivity index (χ3n) is 4.44. The first-order valence-corrected chi connectivity index (χ1v) is 9.64. The fourth-order valence-electron chi connectivity index (χ4n) is 2.84. The van der Waals surface area contributed by atoms with Crippen LogP contribution in [-0.4, -0.2) is 24.6 Å². The molecule has 0 unspecified atom stereocenters. The predicted molar refractivity (Wildman–Crippen MR) is 111 cm³/mol. The number of carbonyl (C=O) groups is 2. The number of esters is 1. The number of carbonyl (C=O) groups excluding carboxylic acids is 2. The van der Waals surface area contributed by atoms with Crippen LogP contribution in [0.4, 0.5) is 5.69 Å². The Morgan fingerprint density at radius 3 is 2.72 bits per heavy atom. The topological polar surface area (TPSA) is 77.8 Å². The van der Waals surface area contributed by atoms with Gasteiger partial charge in [0.1, 0.15) is 5.58 Å². The number of halogens is 1. The molecule has 1 aromatic heterocycles. The molecule has 2 aromatic carbocycles. The average molecular weight is 416 g/mol. The van der Waals surface area contributed by atoms with Crippen molar-refractivity contribution in [2.24, 2.45) is 0 Å². The Morgan fingerprint density at radius 2 is 1.97 bits per heavy atom. The van der Waals surface area contributed by atoms with E-state index >= 15 is 0 Å². The molecule has 6 nitrogen and oxygen atoms in total. The van der Waals surface area contributed by atoms with Crippen molar-refractivity contribution in [3.8, 4) is 0 Å². The maximum absolute atomic E-state index is 12.7. The minimum absolute atomic E-state index is 0.0400. The second kappa shape index (κ2) is 9.11. The van der Waals surface area contributed by atoms with Gasteiger partial charge < -0.3 is 19.2 Å². The number of para-hydroxylation sites is 1. The highest BCUT2D eigenvalue weighted by Gasteiger charge is 2.26. The molecule has 0 spiro atoms. The van der Waals surface area contributed by atoms with E-state index < -0.39 is 18.0 Å². The van der Waals surface area contributed by atoms with Crippen LogP contribution in [0.1, 0.15) is 35.5 Å². The number of hydrogen-bond acceptors (Lipinski definition) is 5. The lowest BCUT2D eigenvalue weighted by atomic mass is 10.1. The van der Waals surface area contributed by atoms with Crippen molar-refractivity contribution in [3.05, 3.63) is 64.4 Å². The van der Waals surface area contributed by atoms with Crippen LogP contribution in [0, 0.1) is 6.92 Å². The molecule has 1 N–H and O–H groups in total. The van der Waals surface area contributed by atoms with Gasteiger partial charge in [0.15, 0.2) is 6.10 Å². The molecular weight excluding hydrogens is 394 g/mol. The number of amides is 1. The summed E-state index contributed by atoms with van der Waals surface area (Å²) in [7, 11) is 0. The molecule has 0 radical (unpaired) electrons. The van der Waals surface area contributed by atoms with Gasteiger partial charge in [0.2, 0.25) is 5.76 Å². The molecule has 0 saturated carbocycles. The molecule has 152 valence electrons. The van der Waals surface area contributed by atoms with Gasteiger partial charge in [0, 0.05) is 28.3 Å². The number of hydrogen-bond donors (Lipinski definition) is 1. The lowest BCUT2D eigenvalue weighted by Gasteiger charge is -2.14. The van der Waals surface area contributed by atoms with Crippen LogP contribution in [0.5, 0.6) is 0 Å². The molecular formula is C22H22ClNO5. The number of furan rings is 1. The van der Waals surface area contributed by atoms with Crippen molar-refractivity contribution < 1.29 is 23.5 Å². The van der Waals surface area contributed by atoms with Crippen LogP contribution in [0.2, 0.25) is 5.02 Å². The molecule has 3 rings (SSSR count). The molecule has 0 bridgehead atoms. The van der Waals surface area contributed by atoms with Crippen molar-refractivity contribution in [2.75, 3.05) is 11.9 Å². The van der Waals surface area contributed by atoms with Gasteiger partial charge in [0.05, 0.1) is 6.61 Å². The quantitative estimate of drug-likeness (QED) is 0.542. The first-order valence-electron chi connectivity index (χ1n) is 9.26. The van der Waals surface area contributed by atoms with E-state index in [1.165, 1.54) is 6.92 Å². The molecule has 0 aliphatic rings. The summed E-state index contributed by atoms with van der Waals surface area (Å²) in [6.07, 6.45) is -1.03. The molecule has 1 amide bonds. The highest BCUT2D eigenvalue weighted by atomic mass is 35.5. The lowest BCUT2D eigenvalue weighted by Crippen LogP contribution is -2.30. The highest BCUT2D eigenvalue weighted by Crippen LogP contribution is 2.28. The van der Waals surface area contributed by atoms with Crippen molar-refractivity contribution in [1.82, 2.24) is 0 Å². The monoisotopic (exact) mass is 415 g/mol. The summed E-state index contributed by atoms with van der Waals surface area (Å²) in [5, 5.41) is 4.00. The summed E-state index contributed by atoms with van der Waals surface area (Å²) in [5.74, 6) is -1.15. The minimum atomic E-state index is -1.03. The molecule has 0 aliphatic carbocycles. The van der Waals surface area contributed by atoms with E-state index in [0.717, 1.165) is 10.9 Å². The molecule has 0 saturated heterocycles. The average Bonchev–Trinajstić information content (AvgIpc) is 3.07. The third-order valence-corrected chi connectivity index (χ3v) is 4.68. The van der Waals surface area contributed by atoms with Crippen LogP contribution in [0.3, 0.4) is 0 Å². The Labute approximate surface area is 173 Å². The second-order valence-corrected chi connectivity index (χ2v) is 6.98. The SMILES string of the molecule is CCOCc1c(C(=O)O[C@H](C)C(=O)Nc2cc(Cl)ccc2C)oc2ccccc12. The fraction of sp³-hybridized carbons (Fsp3) is 0.273. The zero-order chi connectivity index (χ0) is 21.0. The molecule has 29 heavy (non-hydrogen) atoms. The summed E-state index contributed by atoms with van der Waals surface area (Å²) in [5.41, 5.74) is 2.57. The van der Waals surface area contributed by atoms with Gasteiger partial charge in [-0.2, -0.15) is 0 Å². The Kier molecular flexibility index (Phi) is 6.56. The van der Waals surface area contributed by atoms with Crippen LogP contribution in [0.15, 0.2) is 46.9 Å². The van der Waals surface area contributed by atoms with E-state index in [2.05, 4.69) is 5.32 Å². The fourth-order valence-corrected chi connectivity index (χ4v) is 3.01. The Bertz CT molecular complexity index is 1040. The molecule has 0 fully saturated rings. The highest BCUT2D eigenvalue weighted by molar-refractivity contribution is 6.31. The van der Waals surface area contributed by atoms with E-state index in [1.54, 1.807) is 24.3 Å². The van der Waals surface area contributed by atoms with E-state index in [9.17, 15) is 9.59 Å². The molecule has 3 aromatic rings. The number of ether oxygens (including phenoxy) is 2. The maximum Gasteiger partial charge on any atom is 0.375 e. The minimum Gasteiger partial charge on any atom is -0.449 e. The zero-order valence-electron chi connectivity index (χ0n) is 16.5. The van der Waals surface area contributed by atoms with Crippen LogP contribution in [0.25, 0.3) is 11.0 Å². The van der Waals surface area contributed by atoms with Crippen molar-refractivity contribution in [3.63, 3.8) is 0 Å². The summed E-state index contributed by atoms with van der Waals surface area (Å²) < 4.78 is 16.5. The number of fused-ring (bicyclic) bond motifs is 1. The van der Waals surface area contributed by atoms with Crippen molar-refractivity contribution in [2.45, 2.75) is 33.5 Å². The summed E-state index contributed by atoms with van der Waals surface area (Å²) in [6, 6.07) is 12.4. The van der Waals surface area contributed by atoms with E-state index in [0.29, 0.717) is 28.5 Å². The second-order valence-electron chi connectivity index (χ2n) is 6.54. The standard InChI is InChI=1S/C22H22ClNO5/c1-4-27-12-17-16-7-5-6-8-19(16)29-20(17)22(26)28-14(3)21(25)24-18-11-15(23)10-9-13(18)2/h5-11,14H,4,12H2,1-3H3,(H,24,25)/t14-/m1/s1. The van der Waals surface area contributed by atoms with E-state index in [1.807, 2.05) is 32.0 Å². The van der Waals surface area contributed by atoms with Crippen molar-refractivity contribution in [1.29, 1.82) is 0 Å². The molecule has 1 heterocycles. The van der Waals surface area contributed by atoms with Gasteiger partial charge in [-0.25, -0.2) is 4.79 Å². The Balaban J connectivity index is 1.77. The van der Waals surface area contributed by atoms with Crippen LogP contribution >= 0.6 is 11.6 Å². The normalized spacial score (nSPS) is 12.0. The first kappa shape index (κ1) is 20.9. The molecule has 7 heteroatoms. The predicted octanol–water partition coefficient (Wildman–Crippen LogP) is 5.12. The third kappa shape index (κ3) is 4.78. The summed E-state index contributed by atoms with van der Waals surface area (Å²) in [4.78, 5) is 25.2. The van der Waals surface area contributed by atoms with E-state index in [4.69, 9.17) is 25.5 Å². The number of nitrogens with one attached hydrogen (secondary N) is 1. The first-order chi connectivity index (χ1) is 13.9. The number of benzene rings is 2. The largest absolute Gasteiger partial charge is 0.449 e. The molecule has 0 aliphatic heterocycles. The smallest absolute Gasteiger partial charge is 0.375 e. The Hall–Kier alpha value is -2.83. The van der Waals surface area contributed by atoms with Gasteiger partial charge in [-0.1, -0.05) is 35.9 Å². The maximum atomic E-state index is 12.7. The van der Waals surface area contributed by atoms with Crippen LogP contribution < -0.4 is 5.32 Å². The van der Waals surface area contributed by atoms with Gasteiger partial charge in [0.25, 0.3) is 5.91 Å². The number of anilines is 1. The Morgan fingerprint density at radius 1 is 1.21 bits per heavy atom. The summed E-state index contributed by atoms with van der Waals surface area (Å²) >= 11 is 5.98. The molecule has 1 atom stereocenters. The van der Waals surface area contributed by atoms with Gasteiger partial charge >= 0.3 is 5.97 Å². The lowest BCUT2D eigenvalue weighted by molar-refractivity contribution is -0.123. The zero-order valence-corrected chi connectivity index (χ0v) is 17.2.